The number of anilines is 1. The summed E-state index contributed by atoms with van der Waals surface area (Å²) >= 11 is 0. The highest BCUT2D eigenvalue weighted by Crippen LogP contribution is 2.23. The number of nitrogens with one attached hydrogen (secondary N) is 1. The van der Waals surface area contributed by atoms with Crippen LogP contribution in [0.1, 0.15) is 5.69 Å². The van der Waals surface area contributed by atoms with Crippen LogP contribution in [0.15, 0.2) is 42.6 Å². The maximum Gasteiger partial charge on any atom is 0.0774 e. The van der Waals surface area contributed by atoms with Gasteiger partial charge >= 0.3 is 0 Å². The number of aromatic nitrogens is 1. The number of hydrogen-bond acceptors (Lipinski definition) is 4. The highest BCUT2D eigenvalue weighted by molar-refractivity contribution is 5.65. The van der Waals surface area contributed by atoms with E-state index in [0.29, 0.717) is 6.42 Å². The SMILES string of the molecule is N#CCc1ccc(-c2ccc(N3CCNCC3)cc2)cn1. The molecule has 1 fully saturated rings. The predicted molar refractivity (Wildman–Crippen MR) is 84.1 cm³/mol. The van der Waals surface area contributed by atoms with Crippen molar-refractivity contribution in [3.05, 3.63) is 48.3 Å². The van der Waals surface area contributed by atoms with E-state index in [-0.39, 0.29) is 0 Å². The first-order valence-corrected chi connectivity index (χ1v) is 7.25. The molecule has 1 saturated heterocycles. The summed E-state index contributed by atoms with van der Waals surface area (Å²) in [6.07, 6.45) is 2.20. The van der Waals surface area contributed by atoms with Crippen molar-refractivity contribution in [1.82, 2.24) is 10.3 Å². The maximum atomic E-state index is 8.66. The second kappa shape index (κ2) is 6.38. The number of nitrogens with zero attached hydrogens (tertiary/aromatic N) is 3. The van der Waals surface area contributed by atoms with E-state index < -0.39 is 0 Å². The first-order chi connectivity index (χ1) is 10.4. The Bertz CT molecular complexity index is 619. The minimum atomic E-state index is 0.363. The number of pyridine rings is 1. The van der Waals surface area contributed by atoms with Gasteiger partial charge in [-0.3, -0.25) is 4.98 Å². The van der Waals surface area contributed by atoms with Crippen LogP contribution in [-0.4, -0.2) is 31.2 Å². The van der Waals surface area contributed by atoms with Gasteiger partial charge in [0.05, 0.1) is 18.2 Å². The van der Waals surface area contributed by atoms with Gasteiger partial charge in [0.1, 0.15) is 0 Å². The minimum Gasteiger partial charge on any atom is -0.369 e. The van der Waals surface area contributed by atoms with Crippen molar-refractivity contribution in [3.63, 3.8) is 0 Å². The highest BCUT2D eigenvalue weighted by atomic mass is 15.2. The van der Waals surface area contributed by atoms with Crippen LogP contribution in [0.4, 0.5) is 5.69 Å². The van der Waals surface area contributed by atoms with Crippen LogP contribution < -0.4 is 10.2 Å². The largest absolute Gasteiger partial charge is 0.369 e. The molecule has 0 radical (unpaired) electrons. The molecule has 0 spiro atoms. The number of piperazine rings is 1. The molecule has 1 aromatic carbocycles. The second-order valence-electron chi connectivity index (χ2n) is 5.16. The van der Waals surface area contributed by atoms with Crippen molar-refractivity contribution in [2.45, 2.75) is 6.42 Å². The normalized spacial score (nSPS) is 14.7. The lowest BCUT2D eigenvalue weighted by molar-refractivity contribution is 0.589. The van der Waals surface area contributed by atoms with Crippen LogP contribution >= 0.6 is 0 Å². The molecule has 0 atom stereocenters. The zero-order valence-electron chi connectivity index (χ0n) is 11.9. The zero-order valence-corrected chi connectivity index (χ0v) is 11.9. The summed E-state index contributed by atoms with van der Waals surface area (Å²) in [7, 11) is 0. The number of hydrogen-bond donors (Lipinski definition) is 1. The Hall–Kier alpha value is -2.38. The smallest absolute Gasteiger partial charge is 0.0774 e. The molecule has 0 amide bonds. The number of nitriles is 1. The molecule has 2 heterocycles. The molecule has 1 N–H and O–H groups in total. The van der Waals surface area contributed by atoms with E-state index in [0.717, 1.165) is 43.0 Å². The fourth-order valence-electron chi connectivity index (χ4n) is 2.57. The van der Waals surface area contributed by atoms with Gasteiger partial charge in [0.25, 0.3) is 0 Å². The Morgan fingerprint density at radius 3 is 2.38 bits per heavy atom. The summed E-state index contributed by atoms with van der Waals surface area (Å²) in [5, 5.41) is 12.0. The molecule has 0 saturated carbocycles. The van der Waals surface area contributed by atoms with Gasteiger partial charge in [0.2, 0.25) is 0 Å². The van der Waals surface area contributed by atoms with Crippen molar-refractivity contribution in [1.29, 1.82) is 5.26 Å². The van der Waals surface area contributed by atoms with Crippen molar-refractivity contribution in [2.75, 3.05) is 31.1 Å². The zero-order chi connectivity index (χ0) is 14.5. The van der Waals surface area contributed by atoms with Crippen molar-refractivity contribution >= 4 is 5.69 Å². The van der Waals surface area contributed by atoms with Crippen molar-refractivity contribution in [2.24, 2.45) is 0 Å². The summed E-state index contributed by atoms with van der Waals surface area (Å²) in [5.74, 6) is 0. The highest BCUT2D eigenvalue weighted by Gasteiger charge is 2.10. The average Bonchev–Trinajstić information content (AvgIpc) is 2.57. The molecule has 2 aromatic rings. The molecule has 4 heteroatoms. The standard InChI is InChI=1S/C17H18N4/c18-8-7-16-4-1-15(13-20-16)14-2-5-17(6-3-14)21-11-9-19-10-12-21/h1-6,13,19H,7,9-12H2. The fraction of sp³-hybridized carbons (Fsp3) is 0.294. The maximum absolute atomic E-state index is 8.66. The van der Waals surface area contributed by atoms with Crippen LogP contribution in [-0.2, 0) is 6.42 Å². The van der Waals surface area contributed by atoms with E-state index >= 15 is 0 Å². The molecule has 1 aliphatic rings. The molecule has 21 heavy (non-hydrogen) atoms. The van der Waals surface area contributed by atoms with Crippen LogP contribution in [0.2, 0.25) is 0 Å². The van der Waals surface area contributed by atoms with E-state index in [9.17, 15) is 0 Å². The van der Waals surface area contributed by atoms with Crippen LogP contribution in [0.25, 0.3) is 11.1 Å². The molecule has 1 aromatic heterocycles. The van der Waals surface area contributed by atoms with Gasteiger partial charge in [0.15, 0.2) is 0 Å². The summed E-state index contributed by atoms with van der Waals surface area (Å²) < 4.78 is 0. The van der Waals surface area contributed by atoms with Crippen molar-refractivity contribution < 1.29 is 0 Å². The minimum absolute atomic E-state index is 0.363. The van der Waals surface area contributed by atoms with Crippen LogP contribution in [0.5, 0.6) is 0 Å². The Balaban J connectivity index is 1.75. The summed E-state index contributed by atoms with van der Waals surface area (Å²) in [4.78, 5) is 6.71. The first kappa shape index (κ1) is 13.6. The van der Waals surface area contributed by atoms with E-state index in [1.807, 2.05) is 18.3 Å². The first-order valence-electron chi connectivity index (χ1n) is 7.25. The summed E-state index contributed by atoms with van der Waals surface area (Å²) in [6.45, 7) is 4.21. The van der Waals surface area contributed by atoms with Gasteiger partial charge in [-0.25, -0.2) is 0 Å². The topological polar surface area (TPSA) is 52.0 Å². The quantitative estimate of drug-likeness (QED) is 0.935. The van der Waals surface area contributed by atoms with E-state index in [1.165, 1.54) is 5.69 Å². The molecule has 1 aliphatic heterocycles. The Morgan fingerprint density at radius 2 is 1.76 bits per heavy atom. The van der Waals surface area contributed by atoms with Gasteiger partial charge in [0, 0.05) is 43.6 Å². The van der Waals surface area contributed by atoms with Crippen molar-refractivity contribution in [3.8, 4) is 17.2 Å². The number of benzene rings is 1. The third-order valence-corrected chi connectivity index (χ3v) is 3.77. The van der Waals surface area contributed by atoms with Crippen LogP contribution in [0.3, 0.4) is 0 Å². The van der Waals surface area contributed by atoms with Crippen LogP contribution in [0, 0.1) is 11.3 Å². The fourth-order valence-corrected chi connectivity index (χ4v) is 2.57. The Morgan fingerprint density at radius 1 is 1.05 bits per heavy atom. The molecule has 4 nitrogen and oxygen atoms in total. The lowest BCUT2D eigenvalue weighted by atomic mass is 10.1. The predicted octanol–water partition coefficient (Wildman–Crippen LogP) is 2.22. The lowest BCUT2D eigenvalue weighted by Gasteiger charge is -2.29. The third kappa shape index (κ3) is 3.21. The Labute approximate surface area is 125 Å². The molecule has 0 aliphatic carbocycles. The monoisotopic (exact) mass is 278 g/mol. The van der Waals surface area contributed by atoms with E-state index in [1.54, 1.807) is 0 Å². The second-order valence-corrected chi connectivity index (χ2v) is 5.16. The average molecular weight is 278 g/mol. The summed E-state index contributed by atoms with van der Waals surface area (Å²) in [6, 6.07) is 14.7. The summed E-state index contributed by atoms with van der Waals surface area (Å²) in [5.41, 5.74) is 4.33. The van der Waals surface area contributed by atoms with Gasteiger partial charge in [-0.15, -0.1) is 0 Å². The van der Waals surface area contributed by atoms with Gasteiger partial charge in [-0.2, -0.15) is 5.26 Å². The van der Waals surface area contributed by atoms with Gasteiger partial charge in [-0.1, -0.05) is 18.2 Å². The van der Waals surface area contributed by atoms with Gasteiger partial charge in [-0.05, 0) is 23.8 Å². The third-order valence-electron chi connectivity index (χ3n) is 3.77. The molecule has 3 rings (SSSR count). The molecule has 106 valence electrons. The lowest BCUT2D eigenvalue weighted by Crippen LogP contribution is -2.43. The van der Waals surface area contributed by atoms with E-state index in [4.69, 9.17) is 5.26 Å². The Kier molecular flexibility index (Phi) is 4.13. The molecular formula is C17H18N4. The molecule has 0 bridgehead atoms. The number of rotatable bonds is 3. The molecule has 0 unspecified atom stereocenters. The molecular weight excluding hydrogens is 260 g/mol. The van der Waals surface area contributed by atoms with Gasteiger partial charge < -0.3 is 10.2 Å². The van der Waals surface area contributed by atoms with E-state index in [2.05, 4.69) is 45.5 Å².